The zero-order chi connectivity index (χ0) is 19.0. The summed E-state index contributed by atoms with van der Waals surface area (Å²) in [4.78, 5) is 41.7. The number of nitrogens with zero attached hydrogens (tertiary/aromatic N) is 2. The Bertz CT molecular complexity index is 960. The molecule has 0 unspecified atom stereocenters. The predicted octanol–water partition coefficient (Wildman–Crippen LogP) is 1.95. The van der Waals surface area contributed by atoms with Gasteiger partial charge in [-0.15, -0.1) is 0 Å². The highest BCUT2D eigenvalue weighted by molar-refractivity contribution is 5.95. The number of benzene rings is 1. The molecule has 1 aliphatic heterocycles. The van der Waals surface area contributed by atoms with Gasteiger partial charge in [0.1, 0.15) is 5.82 Å². The van der Waals surface area contributed by atoms with Crippen LogP contribution in [0, 0.1) is 0 Å². The second kappa shape index (κ2) is 7.13. The van der Waals surface area contributed by atoms with Gasteiger partial charge in [0.2, 0.25) is 0 Å². The van der Waals surface area contributed by atoms with Crippen LogP contribution in [0.5, 0.6) is 0 Å². The van der Waals surface area contributed by atoms with Crippen molar-refractivity contribution < 1.29 is 14.3 Å². The van der Waals surface area contributed by atoms with Crippen molar-refractivity contribution in [3.05, 3.63) is 39.9 Å². The predicted molar refractivity (Wildman–Crippen MR) is 99.6 cm³/mol. The molecule has 1 N–H and O–H groups in total. The normalized spacial score (nSPS) is 17.7. The van der Waals surface area contributed by atoms with Gasteiger partial charge in [0.15, 0.2) is 6.10 Å². The molecule has 0 spiro atoms. The summed E-state index contributed by atoms with van der Waals surface area (Å²) in [7, 11) is 0. The smallest absolute Gasteiger partial charge is 0.338 e. The molecule has 2 aromatic rings. The van der Waals surface area contributed by atoms with Gasteiger partial charge in [-0.05, 0) is 44.4 Å². The molecule has 1 aromatic heterocycles. The summed E-state index contributed by atoms with van der Waals surface area (Å²) in [6, 6.07) is 4.91. The van der Waals surface area contributed by atoms with Gasteiger partial charge in [0.05, 0.1) is 16.5 Å². The van der Waals surface area contributed by atoms with Crippen molar-refractivity contribution in [1.29, 1.82) is 0 Å². The largest absolute Gasteiger partial charge is 0.449 e. The first kappa shape index (κ1) is 17.7. The van der Waals surface area contributed by atoms with Gasteiger partial charge in [-0.3, -0.25) is 14.2 Å². The quantitative estimate of drug-likeness (QED) is 0.832. The summed E-state index contributed by atoms with van der Waals surface area (Å²) in [6.07, 6.45) is 4.98. The molecule has 1 atom stereocenters. The van der Waals surface area contributed by atoms with Crippen molar-refractivity contribution in [3.8, 4) is 0 Å². The van der Waals surface area contributed by atoms with E-state index in [1.807, 2.05) is 0 Å². The van der Waals surface area contributed by atoms with Gasteiger partial charge < -0.3 is 10.1 Å². The molecule has 1 aliphatic carbocycles. The summed E-state index contributed by atoms with van der Waals surface area (Å²) in [5, 5.41) is 3.42. The molecule has 27 heavy (non-hydrogen) atoms. The lowest BCUT2D eigenvalue weighted by molar-refractivity contribution is -0.129. The number of esters is 1. The van der Waals surface area contributed by atoms with E-state index in [0.717, 1.165) is 44.3 Å². The Balaban J connectivity index is 1.50. The molecule has 4 rings (SSSR count). The minimum Gasteiger partial charge on any atom is -0.449 e. The Morgan fingerprint density at radius 3 is 2.81 bits per heavy atom. The Kier molecular flexibility index (Phi) is 4.68. The summed E-state index contributed by atoms with van der Waals surface area (Å²) in [5.41, 5.74) is 0.709. The lowest BCUT2D eigenvalue weighted by atomic mass is 10.1. The molecule has 1 fully saturated rings. The first-order chi connectivity index (χ1) is 13.0. The number of fused-ring (bicyclic) bond motifs is 2. The molecule has 1 saturated carbocycles. The van der Waals surface area contributed by atoms with E-state index in [2.05, 4.69) is 10.3 Å². The average molecular weight is 369 g/mol. The molecule has 0 radical (unpaired) electrons. The van der Waals surface area contributed by atoms with Crippen LogP contribution in [0.2, 0.25) is 0 Å². The van der Waals surface area contributed by atoms with Crippen molar-refractivity contribution in [2.24, 2.45) is 0 Å². The number of ether oxygens (including phenoxy) is 1. The molecule has 2 aliphatic rings. The monoisotopic (exact) mass is 369 g/mol. The van der Waals surface area contributed by atoms with Crippen LogP contribution in [0.4, 0.5) is 0 Å². The highest BCUT2D eigenvalue weighted by Crippen LogP contribution is 2.19. The maximum absolute atomic E-state index is 12.5. The number of nitrogens with one attached hydrogen (secondary N) is 1. The summed E-state index contributed by atoms with van der Waals surface area (Å²) in [5.74, 6) is -0.110. The molecule has 1 aromatic carbocycles. The molecule has 0 saturated heterocycles. The van der Waals surface area contributed by atoms with E-state index in [1.54, 1.807) is 29.7 Å². The molecular weight excluding hydrogens is 346 g/mol. The number of aromatic nitrogens is 2. The van der Waals surface area contributed by atoms with Crippen LogP contribution in [-0.2, 0) is 22.5 Å². The lowest BCUT2D eigenvalue weighted by Crippen LogP contribution is -2.40. The van der Waals surface area contributed by atoms with Gasteiger partial charge in [0.25, 0.3) is 11.5 Å². The molecule has 142 valence electrons. The Morgan fingerprint density at radius 1 is 1.26 bits per heavy atom. The van der Waals surface area contributed by atoms with Crippen molar-refractivity contribution in [2.75, 3.05) is 0 Å². The number of amides is 1. The van der Waals surface area contributed by atoms with Gasteiger partial charge >= 0.3 is 5.97 Å². The van der Waals surface area contributed by atoms with E-state index in [-0.39, 0.29) is 23.1 Å². The number of rotatable bonds is 4. The maximum Gasteiger partial charge on any atom is 0.338 e. The van der Waals surface area contributed by atoms with Crippen molar-refractivity contribution in [1.82, 2.24) is 14.9 Å². The van der Waals surface area contributed by atoms with Crippen LogP contribution >= 0.6 is 0 Å². The minimum absolute atomic E-state index is 0.0725. The van der Waals surface area contributed by atoms with Crippen LogP contribution in [0.15, 0.2) is 23.0 Å². The molecule has 7 heteroatoms. The van der Waals surface area contributed by atoms with Gasteiger partial charge in [-0.2, -0.15) is 0 Å². The van der Waals surface area contributed by atoms with Gasteiger partial charge in [-0.25, -0.2) is 9.78 Å². The van der Waals surface area contributed by atoms with E-state index >= 15 is 0 Å². The Morgan fingerprint density at radius 2 is 2.04 bits per heavy atom. The zero-order valence-electron chi connectivity index (χ0n) is 15.4. The maximum atomic E-state index is 12.5. The SMILES string of the molecule is C[C@H](OC(=O)c1ccc2c(=O)n3c(nc2c1)CCC3)C(=O)NC1CCCC1. The summed E-state index contributed by atoms with van der Waals surface area (Å²) < 4.78 is 7.01. The van der Waals surface area contributed by atoms with E-state index < -0.39 is 12.1 Å². The molecule has 2 heterocycles. The first-order valence-corrected chi connectivity index (χ1v) is 9.58. The average Bonchev–Trinajstić information content (AvgIpc) is 3.33. The van der Waals surface area contributed by atoms with Crippen LogP contribution in [0.25, 0.3) is 10.9 Å². The Hall–Kier alpha value is -2.70. The molecule has 0 bridgehead atoms. The number of aryl methyl sites for hydroxylation is 1. The van der Waals surface area contributed by atoms with E-state index in [4.69, 9.17) is 4.74 Å². The lowest BCUT2D eigenvalue weighted by Gasteiger charge is -2.17. The highest BCUT2D eigenvalue weighted by Gasteiger charge is 2.24. The fourth-order valence-electron chi connectivity index (χ4n) is 3.88. The van der Waals surface area contributed by atoms with Crippen LogP contribution in [0.1, 0.15) is 55.2 Å². The topological polar surface area (TPSA) is 90.3 Å². The Labute approximate surface area is 156 Å². The third-order valence-corrected chi connectivity index (χ3v) is 5.41. The fourth-order valence-corrected chi connectivity index (χ4v) is 3.88. The third-order valence-electron chi connectivity index (χ3n) is 5.41. The highest BCUT2D eigenvalue weighted by atomic mass is 16.5. The van der Waals surface area contributed by atoms with Gasteiger partial charge in [-0.1, -0.05) is 12.8 Å². The van der Waals surface area contributed by atoms with Crippen LogP contribution in [-0.4, -0.2) is 33.6 Å². The van der Waals surface area contributed by atoms with Crippen molar-refractivity contribution in [3.63, 3.8) is 0 Å². The number of hydrogen-bond donors (Lipinski definition) is 1. The molecule has 7 nitrogen and oxygen atoms in total. The van der Waals surface area contributed by atoms with Crippen LogP contribution in [0.3, 0.4) is 0 Å². The van der Waals surface area contributed by atoms with E-state index in [0.29, 0.717) is 17.4 Å². The summed E-state index contributed by atoms with van der Waals surface area (Å²) >= 11 is 0. The third kappa shape index (κ3) is 3.46. The number of carbonyl (C=O) groups is 2. The van der Waals surface area contributed by atoms with Crippen LogP contribution < -0.4 is 10.9 Å². The fraction of sp³-hybridized carbons (Fsp3) is 0.500. The number of carbonyl (C=O) groups excluding carboxylic acids is 2. The first-order valence-electron chi connectivity index (χ1n) is 9.58. The molecular formula is C20H23N3O4. The summed E-state index contributed by atoms with van der Waals surface area (Å²) in [6.45, 7) is 2.26. The standard InChI is InChI=1S/C20H23N3O4/c1-12(18(24)21-14-5-2-3-6-14)27-20(26)13-8-9-15-16(11-13)22-17-7-4-10-23(17)19(15)25/h8-9,11-12,14H,2-7,10H2,1H3,(H,21,24)/t12-/m0/s1. The molecule has 1 amide bonds. The van der Waals surface area contributed by atoms with Gasteiger partial charge in [0, 0.05) is 19.0 Å². The van der Waals surface area contributed by atoms with Crippen molar-refractivity contribution in [2.45, 2.75) is 64.1 Å². The number of hydrogen-bond acceptors (Lipinski definition) is 5. The van der Waals surface area contributed by atoms with E-state index in [1.165, 1.54) is 0 Å². The minimum atomic E-state index is -0.868. The zero-order valence-corrected chi connectivity index (χ0v) is 15.4. The van der Waals surface area contributed by atoms with Crippen molar-refractivity contribution >= 4 is 22.8 Å². The second-order valence-electron chi connectivity index (χ2n) is 7.36. The second-order valence-corrected chi connectivity index (χ2v) is 7.36. The van der Waals surface area contributed by atoms with E-state index in [9.17, 15) is 14.4 Å².